The van der Waals surface area contributed by atoms with Gasteiger partial charge >= 0.3 is 0 Å². The topological polar surface area (TPSA) is 127 Å². The van der Waals surface area contributed by atoms with Crippen molar-refractivity contribution >= 4 is 29.1 Å². The molecule has 2 fully saturated rings. The maximum Gasteiger partial charge on any atom is 0.293 e. The van der Waals surface area contributed by atoms with E-state index >= 15 is 0 Å². The Bertz CT molecular complexity index is 742. The second-order valence-corrected chi connectivity index (χ2v) is 6.25. The van der Waals surface area contributed by atoms with Gasteiger partial charge in [-0.25, -0.2) is 4.90 Å². The Labute approximate surface area is 143 Å². The number of imide groups is 1. The fourth-order valence-corrected chi connectivity index (χ4v) is 3.46. The first kappa shape index (κ1) is 17.0. The van der Waals surface area contributed by atoms with Crippen molar-refractivity contribution < 1.29 is 19.3 Å². The number of amides is 3. The Morgan fingerprint density at radius 1 is 1.20 bits per heavy atom. The number of carbonyl (C=O) groups excluding carboxylic acids is 3. The zero-order chi connectivity index (χ0) is 18.1. The van der Waals surface area contributed by atoms with Crippen LogP contribution in [0, 0.1) is 16.0 Å². The van der Waals surface area contributed by atoms with Gasteiger partial charge in [-0.15, -0.1) is 0 Å². The van der Waals surface area contributed by atoms with Gasteiger partial charge in [0.25, 0.3) is 11.6 Å². The van der Waals surface area contributed by atoms with Gasteiger partial charge in [-0.3, -0.25) is 29.4 Å². The molecule has 1 atom stereocenters. The minimum absolute atomic E-state index is 0.00276. The van der Waals surface area contributed by atoms with Crippen LogP contribution in [0.1, 0.15) is 19.3 Å². The number of hydrogen-bond donors (Lipinski definition) is 1. The number of carbonyl (C=O) groups is 3. The predicted octanol–water partition coefficient (Wildman–Crippen LogP) is 0.424. The quantitative estimate of drug-likeness (QED) is 0.478. The number of para-hydroxylation sites is 2. The van der Waals surface area contributed by atoms with Crippen molar-refractivity contribution in [2.24, 2.45) is 11.7 Å². The highest BCUT2D eigenvalue weighted by atomic mass is 16.6. The zero-order valence-electron chi connectivity index (χ0n) is 13.5. The molecule has 9 nitrogen and oxygen atoms in total. The number of nitrogens with two attached hydrogens (primary N) is 1. The van der Waals surface area contributed by atoms with Crippen LogP contribution in [0.25, 0.3) is 0 Å². The van der Waals surface area contributed by atoms with Crippen LogP contribution in [0.5, 0.6) is 0 Å². The fraction of sp³-hybridized carbons (Fsp3) is 0.438. The lowest BCUT2D eigenvalue weighted by Gasteiger charge is -2.33. The summed E-state index contributed by atoms with van der Waals surface area (Å²) < 4.78 is 0. The van der Waals surface area contributed by atoms with E-state index in [4.69, 9.17) is 5.73 Å². The van der Waals surface area contributed by atoms with Gasteiger partial charge < -0.3 is 5.73 Å². The highest BCUT2D eigenvalue weighted by Gasteiger charge is 2.45. The third-order valence-electron chi connectivity index (χ3n) is 4.81. The number of primary amides is 1. The lowest BCUT2D eigenvalue weighted by molar-refractivity contribution is -0.384. The van der Waals surface area contributed by atoms with Crippen molar-refractivity contribution in [2.45, 2.75) is 25.3 Å². The second kappa shape index (κ2) is 6.60. The number of hydrogen-bond acceptors (Lipinski definition) is 6. The summed E-state index contributed by atoms with van der Waals surface area (Å²) in [5.74, 6) is -1.48. The zero-order valence-corrected chi connectivity index (χ0v) is 13.5. The third kappa shape index (κ3) is 3.10. The SMILES string of the molecule is NC(=O)C1CCN(C2CC(=O)N(c3ccccc3[N+](=O)[O-])C2=O)CC1. The molecule has 2 N–H and O–H groups in total. The van der Waals surface area contributed by atoms with Crippen molar-refractivity contribution in [1.82, 2.24) is 4.90 Å². The van der Waals surface area contributed by atoms with Gasteiger partial charge in [0.05, 0.1) is 17.4 Å². The molecule has 0 aliphatic carbocycles. The first-order valence-corrected chi connectivity index (χ1v) is 8.03. The number of nitrogens with zero attached hydrogens (tertiary/aromatic N) is 3. The smallest absolute Gasteiger partial charge is 0.293 e. The number of piperidine rings is 1. The third-order valence-corrected chi connectivity index (χ3v) is 4.81. The molecule has 1 aromatic rings. The first-order chi connectivity index (χ1) is 11.9. The Kier molecular flexibility index (Phi) is 4.49. The number of likely N-dealkylation sites (tertiary alicyclic amines) is 1. The van der Waals surface area contributed by atoms with E-state index in [0.29, 0.717) is 25.9 Å². The van der Waals surface area contributed by atoms with E-state index in [1.807, 2.05) is 4.90 Å². The van der Waals surface area contributed by atoms with E-state index in [2.05, 4.69) is 0 Å². The normalized spacial score (nSPS) is 22.4. The van der Waals surface area contributed by atoms with Crippen LogP contribution in [0.3, 0.4) is 0 Å². The van der Waals surface area contributed by atoms with Crippen LogP contribution in [0.4, 0.5) is 11.4 Å². The van der Waals surface area contributed by atoms with Crippen LogP contribution < -0.4 is 10.6 Å². The molecule has 0 bridgehead atoms. The molecular formula is C16H18N4O5. The summed E-state index contributed by atoms with van der Waals surface area (Å²) >= 11 is 0. The lowest BCUT2D eigenvalue weighted by atomic mass is 9.95. The highest BCUT2D eigenvalue weighted by Crippen LogP contribution is 2.33. The first-order valence-electron chi connectivity index (χ1n) is 8.03. The summed E-state index contributed by atoms with van der Waals surface area (Å²) in [6, 6.07) is 5.05. The fourth-order valence-electron chi connectivity index (χ4n) is 3.46. The van der Waals surface area contributed by atoms with Crippen LogP contribution in [0.15, 0.2) is 24.3 Å². The Balaban J connectivity index is 1.80. The molecule has 0 spiro atoms. The Morgan fingerprint density at radius 2 is 1.84 bits per heavy atom. The minimum atomic E-state index is -0.652. The van der Waals surface area contributed by atoms with E-state index in [0.717, 1.165) is 4.90 Å². The van der Waals surface area contributed by atoms with Crippen molar-refractivity contribution in [3.05, 3.63) is 34.4 Å². The largest absolute Gasteiger partial charge is 0.369 e. The van der Waals surface area contributed by atoms with E-state index in [-0.39, 0.29) is 29.6 Å². The number of anilines is 1. The molecular weight excluding hydrogens is 328 g/mol. The number of nitro benzene ring substituents is 1. The lowest BCUT2D eigenvalue weighted by Crippen LogP contribution is -2.47. The van der Waals surface area contributed by atoms with Crippen LogP contribution in [-0.2, 0) is 14.4 Å². The van der Waals surface area contributed by atoms with Gasteiger partial charge in [-0.2, -0.15) is 0 Å². The van der Waals surface area contributed by atoms with Gasteiger partial charge in [0.2, 0.25) is 11.8 Å². The molecule has 3 rings (SSSR count). The maximum absolute atomic E-state index is 12.8. The van der Waals surface area contributed by atoms with Crippen molar-refractivity contribution in [1.29, 1.82) is 0 Å². The van der Waals surface area contributed by atoms with E-state index in [1.165, 1.54) is 18.2 Å². The van der Waals surface area contributed by atoms with E-state index in [9.17, 15) is 24.5 Å². The molecule has 9 heteroatoms. The van der Waals surface area contributed by atoms with Gasteiger partial charge in [0.15, 0.2) is 0 Å². The summed E-state index contributed by atoms with van der Waals surface area (Å²) in [6.07, 6.45) is 1.06. The molecule has 0 radical (unpaired) electrons. The van der Waals surface area contributed by atoms with Crippen molar-refractivity contribution in [3.63, 3.8) is 0 Å². The molecule has 2 heterocycles. The van der Waals surface area contributed by atoms with Gasteiger partial charge in [-0.05, 0) is 32.0 Å². The van der Waals surface area contributed by atoms with Gasteiger partial charge in [0, 0.05) is 12.0 Å². The second-order valence-electron chi connectivity index (χ2n) is 6.25. The average molecular weight is 346 g/mol. The summed E-state index contributed by atoms with van der Waals surface area (Å²) in [4.78, 5) is 49.7. The van der Waals surface area contributed by atoms with Gasteiger partial charge in [0.1, 0.15) is 5.69 Å². The maximum atomic E-state index is 12.8. The van der Waals surface area contributed by atoms with Crippen LogP contribution in [0.2, 0.25) is 0 Å². The summed E-state index contributed by atoms with van der Waals surface area (Å²) in [5, 5.41) is 11.2. The highest BCUT2D eigenvalue weighted by molar-refractivity contribution is 6.23. The molecule has 1 unspecified atom stereocenters. The summed E-state index contributed by atoms with van der Waals surface area (Å²) in [5.41, 5.74) is 5.02. The minimum Gasteiger partial charge on any atom is -0.369 e. The number of benzene rings is 1. The van der Waals surface area contributed by atoms with Crippen LogP contribution in [-0.4, -0.2) is 46.7 Å². The standard InChI is InChI=1S/C16H18N4O5/c17-15(22)10-5-7-18(8-6-10)13-9-14(21)19(16(13)23)11-3-1-2-4-12(11)20(24)25/h1-4,10,13H,5-9H2,(H2,17,22). The Hall–Kier alpha value is -2.81. The molecule has 132 valence electrons. The molecule has 1 aromatic carbocycles. The summed E-state index contributed by atoms with van der Waals surface area (Å²) in [7, 11) is 0. The monoisotopic (exact) mass is 346 g/mol. The predicted molar refractivity (Wildman–Crippen MR) is 87.5 cm³/mol. The molecule has 0 aromatic heterocycles. The van der Waals surface area contributed by atoms with Crippen LogP contribution >= 0.6 is 0 Å². The summed E-state index contributed by atoms with van der Waals surface area (Å²) in [6.45, 7) is 0.976. The molecule has 2 aliphatic rings. The Morgan fingerprint density at radius 3 is 2.44 bits per heavy atom. The molecule has 2 saturated heterocycles. The van der Waals surface area contributed by atoms with Gasteiger partial charge in [-0.1, -0.05) is 12.1 Å². The average Bonchev–Trinajstić information content (AvgIpc) is 2.89. The number of rotatable bonds is 4. The molecule has 3 amide bonds. The molecule has 2 aliphatic heterocycles. The molecule has 0 saturated carbocycles. The van der Waals surface area contributed by atoms with E-state index < -0.39 is 22.8 Å². The molecule has 25 heavy (non-hydrogen) atoms. The van der Waals surface area contributed by atoms with Crippen molar-refractivity contribution in [3.8, 4) is 0 Å². The van der Waals surface area contributed by atoms with E-state index in [1.54, 1.807) is 6.07 Å². The number of nitro groups is 1. The van der Waals surface area contributed by atoms with Crippen molar-refractivity contribution in [2.75, 3.05) is 18.0 Å².